The summed E-state index contributed by atoms with van der Waals surface area (Å²) >= 11 is 0. The molecule has 7 aromatic carbocycles. The van der Waals surface area contributed by atoms with Crippen molar-refractivity contribution in [1.82, 2.24) is 19.5 Å². The second-order valence-corrected chi connectivity index (χ2v) is 14.4. The smallest absolute Gasteiger partial charge is 0.164 e. The monoisotopic (exact) mass is 680 g/mol. The number of hydrogen-bond donors (Lipinski definition) is 0. The van der Waals surface area contributed by atoms with Gasteiger partial charge < -0.3 is 8.98 Å². The summed E-state index contributed by atoms with van der Waals surface area (Å²) < 4.78 is 8.86. The molecule has 0 spiro atoms. The number of aromatic nitrogens is 4. The molecule has 0 saturated carbocycles. The highest BCUT2D eigenvalue weighted by Crippen LogP contribution is 2.49. The Bertz CT molecular complexity index is 3040. The van der Waals surface area contributed by atoms with Crippen LogP contribution in [-0.4, -0.2) is 19.5 Å². The number of para-hydroxylation sites is 2. The predicted octanol–water partition coefficient (Wildman–Crippen LogP) is 12.2. The van der Waals surface area contributed by atoms with Gasteiger partial charge in [-0.05, 0) is 64.7 Å². The lowest BCUT2D eigenvalue weighted by molar-refractivity contribution is 0.660. The van der Waals surface area contributed by atoms with E-state index in [1.54, 1.807) is 0 Å². The van der Waals surface area contributed by atoms with Gasteiger partial charge >= 0.3 is 0 Å². The molecule has 0 fully saturated rings. The molecular formula is C48H32N4O. The summed E-state index contributed by atoms with van der Waals surface area (Å²) in [5, 5.41) is 4.44. The van der Waals surface area contributed by atoms with Crippen LogP contribution in [0.4, 0.5) is 0 Å². The Balaban J connectivity index is 1.14. The Kier molecular flexibility index (Phi) is 6.23. The first kappa shape index (κ1) is 29.8. The minimum Gasteiger partial charge on any atom is -0.456 e. The zero-order valence-corrected chi connectivity index (χ0v) is 29.2. The van der Waals surface area contributed by atoms with E-state index in [0.717, 1.165) is 55.3 Å². The quantitative estimate of drug-likeness (QED) is 0.186. The SMILES string of the molecule is CC1(C)c2ccccc2-c2cc(-c3nc(-c4ccccc4)nc(-c4cccc5oc6ccc(-n7c8ccccc8c8ccccc87)cc6c45)n3)ccc21. The molecule has 5 nitrogen and oxygen atoms in total. The summed E-state index contributed by atoms with van der Waals surface area (Å²) in [6, 6.07) is 55.3. The summed E-state index contributed by atoms with van der Waals surface area (Å²) in [7, 11) is 0. The minimum atomic E-state index is -0.0834. The van der Waals surface area contributed by atoms with Gasteiger partial charge in [0.1, 0.15) is 11.2 Å². The molecule has 1 aliphatic rings. The highest BCUT2D eigenvalue weighted by atomic mass is 16.3. The molecule has 0 radical (unpaired) electrons. The Labute approximate surface area is 305 Å². The van der Waals surface area contributed by atoms with Crippen molar-refractivity contribution in [3.8, 4) is 51.0 Å². The second kappa shape index (κ2) is 11.1. The van der Waals surface area contributed by atoms with E-state index in [4.69, 9.17) is 19.4 Å². The van der Waals surface area contributed by atoms with Crippen LogP contribution in [-0.2, 0) is 5.41 Å². The van der Waals surface area contributed by atoms with Gasteiger partial charge in [0.25, 0.3) is 0 Å². The molecule has 1 aliphatic carbocycles. The van der Waals surface area contributed by atoms with Gasteiger partial charge in [-0.2, -0.15) is 0 Å². The first-order valence-electron chi connectivity index (χ1n) is 18.0. The number of nitrogens with zero attached hydrogens (tertiary/aromatic N) is 4. The van der Waals surface area contributed by atoms with Crippen molar-refractivity contribution in [1.29, 1.82) is 0 Å². The zero-order valence-electron chi connectivity index (χ0n) is 29.2. The number of benzene rings is 7. The molecular weight excluding hydrogens is 649 g/mol. The lowest BCUT2D eigenvalue weighted by Gasteiger charge is -2.21. The molecule has 5 heteroatoms. The van der Waals surface area contributed by atoms with Crippen molar-refractivity contribution in [2.45, 2.75) is 19.3 Å². The Morgan fingerprint density at radius 1 is 0.453 bits per heavy atom. The average Bonchev–Trinajstić information content (AvgIpc) is 3.83. The van der Waals surface area contributed by atoms with Gasteiger partial charge in [-0.1, -0.05) is 129 Å². The van der Waals surface area contributed by atoms with E-state index in [0.29, 0.717) is 17.5 Å². The minimum absolute atomic E-state index is 0.0834. The van der Waals surface area contributed by atoms with E-state index >= 15 is 0 Å². The van der Waals surface area contributed by atoms with Crippen LogP contribution >= 0.6 is 0 Å². The first-order chi connectivity index (χ1) is 26.0. The fourth-order valence-corrected chi connectivity index (χ4v) is 8.54. The van der Waals surface area contributed by atoms with Crippen molar-refractivity contribution in [3.05, 3.63) is 169 Å². The van der Waals surface area contributed by atoms with Crippen molar-refractivity contribution in [3.63, 3.8) is 0 Å². The van der Waals surface area contributed by atoms with Crippen molar-refractivity contribution in [2.24, 2.45) is 0 Å². The lowest BCUT2D eigenvalue weighted by atomic mass is 9.82. The molecule has 0 saturated heterocycles. The topological polar surface area (TPSA) is 56.7 Å². The second-order valence-electron chi connectivity index (χ2n) is 14.4. The van der Waals surface area contributed by atoms with E-state index in [2.05, 4.69) is 146 Å². The fourth-order valence-electron chi connectivity index (χ4n) is 8.54. The Morgan fingerprint density at radius 3 is 1.89 bits per heavy atom. The van der Waals surface area contributed by atoms with Crippen LogP contribution in [0.25, 0.3) is 94.7 Å². The average molecular weight is 681 g/mol. The molecule has 0 N–H and O–H groups in total. The van der Waals surface area contributed by atoms with Crippen LogP contribution in [0.5, 0.6) is 0 Å². The standard InChI is InChI=1S/C48H32N4O/c1-48(2)38-19-9-6-15-32(38)36-27-30(23-25-39(36)48)46-49-45(29-13-4-3-5-14-29)50-47(51-46)35-18-12-22-43-44(35)37-28-31(24-26-42(37)53-43)52-40-20-10-7-16-33(40)34-17-8-11-21-41(34)52/h3-28H,1-2H3. The summed E-state index contributed by atoms with van der Waals surface area (Å²) in [6.45, 7) is 4.60. The molecule has 3 heterocycles. The summed E-state index contributed by atoms with van der Waals surface area (Å²) in [5.74, 6) is 1.86. The number of hydrogen-bond acceptors (Lipinski definition) is 4. The maximum atomic E-state index is 6.51. The first-order valence-corrected chi connectivity index (χ1v) is 18.0. The molecule has 11 rings (SSSR count). The molecule has 0 atom stereocenters. The third kappa shape index (κ3) is 4.40. The van der Waals surface area contributed by atoms with Crippen LogP contribution in [0.3, 0.4) is 0 Å². The largest absolute Gasteiger partial charge is 0.456 e. The third-order valence-electron chi connectivity index (χ3n) is 11.1. The normalized spacial score (nSPS) is 13.2. The molecule has 3 aromatic heterocycles. The highest BCUT2D eigenvalue weighted by molar-refractivity contribution is 6.13. The van der Waals surface area contributed by atoms with Gasteiger partial charge in [0.05, 0.1) is 11.0 Å². The van der Waals surface area contributed by atoms with E-state index < -0.39 is 0 Å². The third-order valence-corrected chi connectivity index (χ3v) is 11.1. The van der Waals surface area contributed by atoms with E-state index in [1.165, 1.54) is 33.0 Å². The maximum Gasteiger partial charge on any atom is 0.164 e. The maximum absolute atomic E-state index is 6.51. The molecule has 250 valence electrons. The molecule has 0 amide bonds. The lowest BCUT2D eigenvalue weighted by Crippen LogP contribution is -2.14. The fraction of sp³-hybridized carbons (Fsp3) is 0.0625. The molecule has 10 aromatic rings. The molecule has 53 heavy (non-hydrogen) atoms. The Morgan fingerprint density at radius 2 is 1.09 bits per heavy atom. The molecule has 0 bridgehead atoms. The van der Waals surface area contributed by atoms with E-state index in [-0.39, 0.29) is 5.41 Å². The number of rotatable bonds is 4. The van der Waals surface area contributed by atoms with E-state index in [9.17, 15) is 0 Å². The number of fused-ring (bicyclic) bond motifs is 9. The van der Waals surface area contributed by atoms with Crippen LogP contribution in [0.15, 0.2) is 162 Å². The summed E-state index contributed by atoms with van der Waals surface area (Å²) in [5.41, 5.74) is 12.8. The van der Waals surface area contributed by atoms with Crippen molar-refractivity contribution < 1.29 is 4.42 Å². The molecule has 0 aliphatic heterocycles. The van der Waals surface area contributed by atoms with Crippen LogP contribution in [0.1, 0.15) is 25.0 Å². The van der Waals surface area contributed by atoms with Gasteiger partial charge in [0, 0.05) is 49.3 Å². The van der Waals surface area contributed by atoms with Gasteiger partial charge in [-0.15, -0.1) is 0 Å². The van der Waals surface area contributed by atoms with Crippen LogP contribution in [0.2, 0.25) is 0 Å². The van der Waals surface area contributed by atoms with Crippen LogP contribution in [0, 0.1) is 0 Å². The highest BCUT2D eigenvalue weighted by Gasteiger charge is 2.35. The zero-order chi connectivity index (χ0) is 35.3. The van der Waals surface area contributed by atoms with Gasteiger partial charge in [-0.3, -0.25) is 0 Å². The predicted molar refractivity (Wildman–Crippen MR) is 215 cm³/mol. The van der Waals surface area contributed by atoms with Gasteiger partial charge in [0.2, 0.25) is 0 Å². The van der Waals surface area contributed by atoms with Crippen molar-refractivity contribution in [2.75, 3.05) is 0 Å². The van der Waals surface area contributed by atoms with Gasteiger partial charge in [-0.25, -0.2) is 15.0 Å². The molecule has 0 unspecified atom stereocenters. The summed E-state index contributed by atoms with van der Waals surface area (Å²) in [6.07, 6.45) is 0. The van der Waals surface area contributed by atoms with E-state index in [1.807, 2.05) is 30.3 Å². The van der Waals surface area contributed by atoms with Crippen molar-refractivity contribution >= 4 is 43.7 Å². The van der Waals surface area contributed by atoms with Gasteiger partial charge in [0.15, 0.2) is 17.5 Å². The summed E-state index contributed by atoms with van der Waals surface area (Å²) in [4.78, 5) is 15.5. The van der Waals surface area contributed by atoms with Crippen LogP contribution < -0.4 is 0 Å². The number of furan rings is 1. The Hall–Kier alpha value is -6.85.